The minimum Gasteiger partial charge on any atom is -0.388 e. The summed E-state index contributed by atoms with van der Waals surface area (Å²) >= 11 is 5.77. The van der Waals surface area contributed by atoms with E-state index in [1.165, 1.54) is 6.08 Å². The zero-order valence-corrected chi connectivity index (χ0v) is 12.9. The standard InChI is InChI=1S/C15H15ClN2O2S/c1-17-14-6-8-15(9-7-14)18-21(19,20)11-10-12-2-4-13(16)5-3-12/h2-11,17-18H,1H3/b11-10+. The fourth-order valence-corrected chi connectivity index (χ4v) is 2.64. The Kier molecular flexibility index (Phi) is 4.88. The van der Waals surface area contributed by atoms with Crippen molar-refractivity contribution in [1.82, 2.24) is 0 Å². The monoisotopic (exact) mass is 322 g/mol. The summed E-state index contributed by atoms with van der Waals surface area (Å²) in [5.41, 5.74) is 2.18. The predicted octanol–water partition coefficient (Wildman–Crippen LogP) is 3.79. The van der Waals surface area contributed by atoms with Crippen LogP contribution in [0, 0.1) is 0 Å². The quantitative estimate of drug-likeness (QED) is 0.880. The van der Waals surface area contributed by atoms with Gasteiger partial charge in [0.25, 0.3) is 10.0 Å². The van der Waals surface area contributed by atoms with E-state index in [-0.39, 0.29) is 0 Å². The summed E-state index contributed by atoms with van der Waals surface area (Å²) in [6, 6.07) is 13.9. The Labute approximate surface area is 129 Å². The molecule has 0 aliphatic carbocycles. The zero-order valence-electron chi connectivity index (χ0n) is 11.4. The van der Waals surface area contributed by atoms with Gasteiger partial charge < -0.3 is 5.32 Å². The van der Waals surface area contributed by atoms with Crippen LogP contribution in [0.4, 0.5) is 11.4 Å². The van der Waals surface area contributed by atoms with E-state index < -0.39 is 10.0 Å². The van der Waals surface area contributed by atoms with Crippen LogP contribution in [0.2, 0.25) is 5.02 Å². The number of anilines is 2. The number of benzene rings is 2. The molecule has 6 heteroatoms. The molecule has 0 fully saturated rings. The molecular weight excluding hydrogens is 308 g/mol. The van der Waals surface area contributed by atoms with Crippen molar-refractivity contribution >= 4 is 39.1 Å². The molecule has 2 aromatic carbocycles. The molecule has 2 aromatic rings. The molecule has 4 nitrogen and oxygen atoms in total. The largest absolute Gasteiger partial charge is 0.388 e. The number of hydrogen-bond acceptors (Lipinski definition) is 3. The van der Waals surface area contributed by atoms with E-state index >= 15 is 0 Å². The molecule has 21 heavy (non-hydrogen) atoms. The summed E-state index contributed by atoms with van der Waals surface area (Å²) in [6.07, 6.45) is 1.51. The lowest BCUT2D eigenvalue weighted by atomic mass is 10.2. The highest BCUT2D eigenvalue weighted by Crippen LogP contribution is 2.15. The molecule has 0 atom stereocenters. The van der Waals surface area contributed by atoms with E-state index in [0.717, 1.165) is 16.7 Å². The van der Waals surface area contributed by atoms with Crippen LogP contribution >= 0.6 is 11.6 Å². The highest BCUT2D eigenvalue weighted by Gasteiger charge is 2.05. The lowest BCUT2D eigenvalue weighted by molar-refractivity contribution is 0.609. The van der Waals surface area contributed by atoms with Crippen molar-refractivity contribution in [3.63, 3.8) is 0 Å². The van der Waals surface area contributed by atoms with Crippen LogP contribution in [0.5, 0.6) is 0 Å². The molecule has 110 valence electrons. The molecule has 2 N–H and O–H groups in total. The van der Waals surface area contributed by atoms with Crippen molar-refractivity contribution in [2.75, 3.05) is 17.1 Å². The average molecular weight is 323 g/mol. The fraction of sp³-hybridized carbons (Fsp3) is 0.0667. The lowest BCUT2D eigenvalue weighted by Gasteiger charge is -2.05. The Bertz CT molecular complexity index is 723. The first-order valence-corrected chi connectivity index (χ1v) is 8.15. The van der Waals surface area contributed by atoms with Gasteiger partial charge in [-0.15, -0.1) is 0 Å². The Morgan fingerprint density at radius 3 is 2.10 bits per heavy atom. The highest BCUT2D eigenvalue weighted by molar-refractivity contribution is 7.95. The van der Waals surface area contributed by atoms with E-state index in [4.69, 9.17) is 11.6 Å². The van der Waals surface area contributed by atoms with Gasteiger partial charge in [0.1, 0.15) is 0 Å². The van der Waals surface area contributed by atoms with Gasteiger partial charge in [0.15, 0.2) is 0 Å². The SMILES string of the molecule is CNc1ccc(NS(=O)(=O)/C=C/c2ccc(Cl)cc2)cc1. The third kappa shape index (κ3) is 4.81. The van der Waals surface area contributed by atoms with Gasteiger partial charge in [-0.25, -0.2) is 8.42 Å². The second-order valence-electron chi connectivity index (χ2n) is 4.33. The average Bonchev–Trinajstić information content (AvgIpc) is 2.47. The first-order valence-electron chi connectivity index (χ1n) is 6.23. The summed E-state index contributed by atoms with van der Waals surface area (Å²) in [7, 11) is -1.75. The van der Waals surface area contributed by atoms with E-state index in [2.05, 4.69) is 10.0 Å². The summed E-state index contributed by atoms with van der Waals surface area (Å²) < 4.78 is 26.4. The third-order valence-corrected chi connectivity index (χ3v) is 4.01. The van der Waals surface area contributed by atoms with Crippen molar-refractivity contribution in [3.05, 3.63) is 64.5 Å². The molecule has 0 aliphatic heterocycles. The van der Waals surface area contributed by atoms with E-state index in [1.807, 2.05) is 0 Å². The number of nitrogens with one attached hydrogen (secondary N) is 2. The molecule has 0 aromatic heterocycles. The van der Waals surface area contributed by atoms with Gasteiger partial charge in [-0.2, -0.15) is 0 Å². The van der Waals surface area contributed by atoms with Crippen LogP contribution in [-0.2, 0) is 10.0 Å². The molecule has 0 unspecified atom stereocenters. The van der Waals surface area contributed by atoms with Crippen molar-refractivity contribution in [3.8, 4) is 0 Å². The second kappa shape index (κ2) is 6.65. The smallest absolute Gasteiger partial charge is 0.255 e. The van der Waals surface area contributed by atoms with Crippen molar-refractivity contribution in [2.24, 2.45) is 0 Å². The molecule has 0 aliphatic rings. The van der Waals surface area contributed by atoms with Crippen molar-refractivity contribution in [2.45, 2.75) is 0 Å². The summed E-state index contributed by atoms with van der Waals surface area (Å²) in [4.78, 5) is 0. The Morgan fingerprint density at radius 2 is 1.52 bits per heavy atom. The van der Waals surface area contributed by atoms with Gasteiger partial charge in [0.2, 0.25) is 0 Å². The van der Waals surface area contributed by atoms with Gasteiger partial charge in [-0.05, 0) is 48.0 Å². The number of halogens is 1. The number of rotatable bonds is 5. The summed E-state index contributed by atoms with van der Waals surface area (Å²) in [6.45, 7) is 0. The van der Waals surface area contributed by atoms with E-state index in [9.17, 15) is 8.42 Å². The predicted molar refractivity (Wildman–Crippen MR) is 89.0 cm³/mol. The normalized spacial score (nSPS) is 11.5. The molecule has 0 heterocycles. The van der Waals surface area contributed by atoms with Crippen LogP contribution in [0.25, 0.3) is 6.08 Å². The van der Waals surface area contributed by atoms with Crippen LogP contribution in [-0.4, -0.2) is 15.5 Å². The molecule has 2 rings (SSSR count). The molecule has 0 radical (unpaired) electrons. The molecular formula is C15H15ClN2O2S. The number of sulfonamides is 1. The van der Waals surface area contributed by atoms with Gasteiger partial charge in [0.05, 0.1) is 5.41 Å². The Morgan fingerprint density at radius 1 is 0.952 bits per heavy atom. The maximum absolute atomic E-state index is 12.0. The number of hydrogen-bond donors (Lipinski definition) is 2. The van der Waals surface area contributed by atoms with Gasteiger partial charge in [0, 0.05) is 23.4 Å². The molecule has 0 saturated carbocycles. The minimum atomic E-state index is -3.55. The van der Waals surface area contributed by atoms with Gasteiger partial charge >= 0.3 is 0 Å². The van der Waals surface area contributed by atoms with Crippen LogP contribution in [0.1, 0.15) is 5.56 Å². The first-order chi connectivity index (χ1) is 9.98. The van der Waals surface area contributed by atoms with Crippen molar-refractivity contribution < 1.29 is 8.42 Å². The summed E-state index contributed by atoms with van der Waals surface area (Å²) in [5, 5.41) is 4.70. The van der Waals surface area contributed by atoms with Crippen LogP contribution in [0.3, 0.4) is 0 Å². The second-order valence-corrected chi connectivity index (χ2v) is 6.33. The van der Waals surface area contributed by atoms with Gasteiger partial charge in [-0.3, -0.25) is 4.72 Å². The first kappa shape index (κ1) is 15.4. The van der Waals surface area contributed by atoms with E-state index in [0.29, 0.717) is 10.7 Å². The maximum atomic E-state index is 12.0. The Hall–Kier alpha value is -1.98. The zero-order chi connectivity index (χ0) is 15.3. The fourth-order valence-electron chi connectivity index (χ4n) is 1.65. The van der Waals surface area contributed by atoms with E-state index in [1.54, 1.807) is 55.6 Å². The van der Waals surface area contributed by atoms with Gasteiger partial charge in [-0.1, -0.05) is 23.7 Å². The molecule has 0 spiro atoms. The highest BCUT2D eigenvalue weighted by atomic mass is 35.5. The Balaban J connectivity index is 2.08. The topological polar surface area (TPSA) is 58.2 Å². The third-order valence-electron chi connectivity index (χ3n) is 2.74. The lowest BCUT2D eigenvalue weighted by Crippen LogP contribution is -2.08. The molecule has 0 saturated heterocycles. The molecule has 0 amide bonds. The van der Waals surface area contributed by atoms with Crippen LogP contribution < -0.4 is 10.0 Å². The molecule has 0 bridgehead atoms. The summed E-state index contributed by atoms with van der Waals surface area (Å²) in [5.74, 6) is 0. The minimum absolute atomic E-state index is 0.509. The maximum Gasteiger partial charge on any atom is 0.255 e. The van der Waals surface area contributed by atoms with Crippen LogP contribution in [0.15, 0.2) is 53.9 Å². The van der Waals surface area contributed by atoms with Crippen molar-refractivity contribution in [1.29, 1.82) is 0 Å².